The van der Waals surface area contributed by atoms with Crippen LogP contribution in [0.15, 0.2) is 35.3 Å². The predicted molar refractivity (Wildman–Crippen MR) is 70.9 cm³/mol. The Hall–Kier alpha value is -2.43. The van der Waals surface area contributed by atoms with Crippen LogP contribution in [0.5, 0.6) is 0 Å². The zero-order valence-corrected chi connectivity index (χ0v) is 10.6. The van der Waals surface area contributed by atoms with Crippen LogP contribution < -0.4 is 10.7 Å². The molecule has 1 aromatic heterocycles. The van der Waals surface area contributed by atoms with Gasteiger partial charge < -0.3 is 10.3 Å². The normalized spacial score (nSPS) is 10.3. The number of carbonyl (C=O) groups excluding carboxylic acids is 1. The molecule has 1 heterocycles. The number of pyridine rings is 1. The van der Waals surface area contributed by atoms with Crippen LogP contribution in [-0.2, 0) is 0 Å². The van der Waals surface area contributed by atoms with Gasteiger partial charge in [0, 0.05) is 18.0 Å². The minimum atomic E-state index is -0.634. The van der Waals surface area contributed by atoms with Gasteiger partial charge in [-0.15, -0.1) is 0 Å². The number of nitrogens with one attached hydrogen (secondary N) is 2. The molecule has 0 unspecified atom stereocenters. The van der Waals surface area contributed by atoms with Crippen LogP contribution >= 0.6 is 0 Å². The number of carbonyl (C=O) groups is 1. The maximum Gasteiger partial charge on any atom is 0.261 e. The molecule has 0 spiro atoms. The summed E-state index contributed by atoms with van der Waals surface area (Å²) in [6, 6.07) is 5.70. The van der Waals surface area contributed by atoms with E-state index in [2.05, 4.69) is 10.3 Å². The highest BCUT2D eigenvalue weighted by Gasteiger charge is 2.12. The molecule has 0 aliphatic heterocycles. The van der Waals surface area contributed by atoms with Crippen molar-refractivity contribution in [3.8, 4) is 0 Å². The summed E-state index contributed by atoms with van der Waals surface area (Å²) in [7, 11) is 0. The molecule has 2 aromatic rings. The molecule has 0 saturated heterocycles. The van der Waals surface area contributed by atoms with E-state index in [0.29, 0.717) is 5.69 Å². The quantitative estimate of drug-likeness (QED) is 0.870. The zero-order valence-electron chi connectivity index (χ0n) is 10.6. The standard InChI is InChI=1S/C14H13FN2O2/c1-8-3-4-11(15)12(5-8)17-14(19)10-7-16-9(2)6-13(10)18/h3-7H,1-2H3,(H,16,18)(H,17,19). The van der Waals surface area contributed by atoms with Crippen molar-refractivity contribution in [3.05, 3.63) is 63.3 Å². The van der Waals surface area contributed by atoms with Crippen molar-refractivity contribution in [2.75, 3.05) is 5.32 Å². The molecule has 1 aromatic carbocycles. The maximum atomic E-state index is 13.5. The largest absolute Gasteiger partial charge is 0.364 e. The third kappa shape index (κ3) is 2.88. The van der Waals surface area contributed by atoms with Gasteiger partial charge >= 0.3 is 0 Å². The molecule has 2 rings (SSSR count). The number of aromatic amines is 1. The number of H-pyrrole nitrogens is 1. The third-order valence-electron chi connectivity index (χ3n) is 2.67. The first-order valence-corrected chi connectivity index (χ1v) is 5.74. The molecule has 0 aliphatic rings. The van der Waals surface area contributed by atoms with Crippen molar-refractivity contribution < 1.29 is 9.18 Å². The summed E-state index contributed by atoms with van der Waals surface area (Å²) in [5, 5.41) is 2.39. The summed E-state index contributed by atoms with van der Waals surface area (Å²) in [5.74, 6) is -1.17. The second kappa shape index (κ2) is 5.06. The first-order valence-electron chi connectivity index (χ1n) is 5.74. The Balaban J connectivity index is 2.31. The molecular formula is C14H13FN2O2. The van der Waals surface area contributed by atoms with E-state index in [-0.39, 0.29) is 11.3 Å². The maximum absolute atomic E-state index is 13.5. The van der Waals surface area contributed by atoms with Crippen molar-refractivity contribution in [2.45, 2.75) is 13.8 Å². The molecule has 0 radical (unpaired) electrons. The second-order valence-corrected chi connectivity index (χ2v) is 4.33. The monoisotopic (exact) mass is 260 g/mol. The number of anilines is 1. The lowest BCUT2D eigenvalue weighted by Crippen LogP contribution is -2.22. The summed E-state index contributed by atoms with van der Waals surface area (Å²) in [6.45, 7) is 3.50. The molecule has 0 aliphatic carbocycles. The van der Waals surface area contributed by atoms with Crippen LogP contribution in [-0.4, -0.2) is 10.9 Å². The number of benzene rings is 1. The van der Waals surface area contributed by atoms with E-state index < -0.39 is 17.2 Å². The fourth-order valence-electron chi connectivity index (χ4n) is 1.68. The molecule has 19 heavy (non-hydrogen) atoms. The highest BCUT2D eigenvalue weighted by atomic mass is 19.1. The van der Waals surface area contributed by atoms with Crippen LogP contribution in [0.4, 0.5) is 10.1 Å². The van der Waals surface area contributed by atoms with E-state index in [9.17, 15) is 14.0 Å². The Morgan fingerprint density at radius 3 is 2.68 bits per heavy atom. The molecule has 0 fully saturated rings. The molecule has 98 valence electrons. The Morgan fingerprint density at radius 1 is 1.26 bits per heavy atom. The smallest absolute Gasteiger partial charge is 0.261 e. The summed E-state index contributed by atoms with van der Waals surface area (Å²) < 4.78 is 13.5. The van der Waals surface area contributed by atoms with E-state index >= 15 is 0 Å². The van der Waals surface area contributed by atoms with Crippen molar-refractivity contribution in [2.24, 2.45) is 0 Å². The third-order valence-corrected chi connectivity index (χ3v) is 2.67. The van der Waals surface area contributed by atoms with E-state index in [0.717, 1.165) is 5.56 Å². The lowest BCUT2D eigenvalue weighted by Gasteiger charge is -2.07. The van der Waals surface area contributed by atoms with E-state index in [1.165, 1.54) is 24.4 Å². The average Bonchev–Trinajstić information content (AvgIpc) is 2.33. The molecule has 5 heteroatoms. The van der Waals surface area contributed by atoms with Gasteiger partial charge in [0.05, 0.1) is 5.69 Å². The Labute approximate surface area is 109 Å². The van der Waals surface area contributed by atoms with Crippen molar-refractivity contribution in [1.29, 1.82) is 0 Å². The first kappa shape index (κ1) is 13.0. The topological polar surface area (TPSA) is 62.0 Å². The van der Waals surface area contributed by atoms with Crippen LogP contribution in [0.25, 0.3) is 0 Å². The van der Waals surface area contributed by atoms with Crippen LogP contribution in [0.2, 0.25) is 0 Å². The highest BCUT2D eigenvalue weighted by molar-refractivity contribution is 6.04. The SMILES string of the molecule is Cc1ccc(F)c(NC(=O)c2c[nH]c(C)cc2=O)c1. The lowest BCUT2D eigenvalue weighted by atomic mass is 10.2. The highest BCUT2D eigenvalue weighted by Crippen LogP contribution is 2.16. The molecular weight excluding hydrogens is 247 g/mol. The molecule has 4 nitrogen and oxygen atoms in total. The zero-order chi connectivity index (χ0) is 14.0. The van der Waals surface area contributed by atoms with Crippen LogP contribution in [0.3, 0.4) is 0 Å². The number of aryl methyl sites for hydroxylation is 2. The van der Waals surface area contributed by atoms with E-state index in [1.807, 2.05) is 0 Å². The molecule has 0 bridgehead atoms. The van der Waals surface area contributed by atoms with Crippen LogP contribution in [0, 0.1) is 19.7 Å². The number of hydrogen-bond donors (Lipinski definition) is 2. The van der Waals surface area contributed by atoms with Gasteiger partial charge in [0.15, 0.2) is 5.43 Å². The predicted octanol–water partition coefficient (Wildman–Crippen LogP) is 2.38. The number of halogens is 1. The summed E-state index contributed by atoms with van der Waals surface area (Å²) >= 11 is 0. The van der Waals surface area contributed by atoms with Crippen molar-refractivity contribution in [1.82, 2.24) is 4.98 Å². The minimum Gasteiger partial charge on any atom is -0.364 e. The Morgan fingerprint density at radius 2 is 2.00 bits per heavy atom. The minimum absolute atomic E-state index is 0.0495. The number of hydrogen-bond acceptors (Lipinski definition) is 2. The fourth-order valence-corrected chi connectivity index (χ4v) is 1.68. The van der Waals surface area contributed by atoms with Gasteiger partial charge in [0.25, 0.3) is 5.91 Å². The van der Waals surface area contributed by atoms with E-state index in [1.54, 1.807) is 19.9 Å². The Bertz CT molecular complexity index is 692. The second-order valence-electron chi connectivity index (χ2n) is 4.33. The van der Waals surface area contributed by atoms with Crippen molar-refractivity contribution in [3.63, 3.8) is 0 Å². The molecule has 0 saturated carbocycles. The summed E-state index contributed by atoms with van der Waals surface area (Å²) in [4.78, 5) is 26.3. The summed E-state index contributed by atoms with van der Waals surface area (Å²) in [6.07, 6.45) is 1.32. The van der Waals surface area contributed by atoms with Crippen LogP contribution in [0.1, 0.15) is 21.6 Å². The summed E-state index contributed by atoms with van der Waals surface area (Å²) in [5.41, 5.74) is 1.08. The van der Waals surface area contributed by atoms with Crippen molar-refractivity contribution >= 4 is 11.6 Å². The number of aromatic nitrogens is 1. The Kier molecular flexibility index (Phi) is 3.46. The first-order chi connectivity index (χ1) is 8.97. The number of rotatable bonds is 2. The average molecular weight is 260 g/mol. The van der Waals surface area contributed by atoms with Gasteiger partial charge in [-0.3, -0.25) is 9.59 Å². The molecule has 1 amide bonds. The molecule has 2 N–H and O–H groups in total. The van der Waals surface area contributed by atoms with E-state index in [4.69, 9.17) is 0 Å². The molecule has 0 atom stereocenters. The number of amides is 1. The van der Waals surface area contributed by atoms with Gasteiger partial charge in [-0.2, -0.15) is 0 Å². The van der Waals surface area contributed by atoms with Gasteiger partial charge in [-0.05, 0) is 31.5 Å². The van der Waals surface area contributed by atoms with Gasteiger partial charge in [0.1, 0.15) is 11.4 Å². The van der Waals surface area contributed by atoms with Gasteiger partial charge in [-0.25, -0.2) is 4.39 Å². The van der Waals surface area contributed by atoms with Gasteiger partial charge in [-0.1, -0.05) is 6.07 Å². The van der Waals surface area contributed by atoms with Gasteiger partial charge in [0.2, 0.25) is 0 Å². The lowest BCUT2D eigenvalue weighted by molar-refractivity contribution is 0.102. The fraction of sp³-hybridized carbons (Fsp3) is 0.143.